The van der Waals surface area contributed by atoms with Gasteiger partial charge in [0.1, 0.15) is 17.1 Å². The summed E-state index contributed by atoms with van der Waals surface area (Å²) in [7, 11) is 1.60. The molecule has 0 saturated heterocycles. The number of methoxy groups -OCH3 is 1. The Morgan fingerprint density at radius 2 is 1.92 bits per heavy atom. The molecule has 2 amide bonds. The van der Waals surface area contributed by atoms with Crippen molar-refractivity contribution in [3.63, 3.8) is 0 Å². The summed E-state index contributed by atoms with van der Waals surface area (Å²) in [5.41, 5.74) is 9.28. The SMILES string of the molecule is COc1ccc(-c2cc3c([nH]2)C(=O)NCC/C3=C2/N=C(N)NC2=O)cc1. The summed E-state index contributed by atoms with van der Waals surface area (Å²) in [6.45, 7) is 0.417. The molecule has 0 fully saturated rings. The van der Waals surface area contributed by atoms with Crippen molar-refractivity contribution in [2.45, 2.75) is 6.42 Å². The van der Waals surface area contributed by atoms with Gasteiger partial charge in [-0.3, -0.25) is 14.9 Å². The van der Waals surface area contributed by atoms with Crippen LogP contribution in [-0.4, -0.2) is 36.4 Å². The maximum Gasteiger partial charge on any atom is 0.277 e. The first-order chi connectivity index (χ1) is 12.6. The van der Waals surface area contributed by atoms with E-state index in [9.17, 15) is 9.59 Å². The largest absolute Gasteiger partial charge is 0.497 e. The zero-order chi connectivity index (χ0) is 18.3. The lowest BCUT2D eigenvalue weighted by atomic mass is 10.0. The van der Waals surface area contributed by atoms with E-state index in [1.165, 1.54) is 0 Å². The molecule has 1 aromatic heterocycles. The van der Waals surface area contributed by atoms with Crippen molar-refractivity contribution in [3.05, 3.63) is 47.3 Å². The fraction of sp³-hybridized carbons (Fsp3) is 0.167. The first-order valence-corrected chi connectivity index (χ1v) is 8.11. The molecule has 3 heterocycles. The number of hydrogen-bond donors (Lipinski definition) is 4. The highest BCUT2D eigenvalue weighted by atomic mass is 16.5. The second-order valence-corrected chi connectivity index (χ2v) is 5.98. The Kier molecular flexibility index (Phi) is 3.72. The van der Waals surface area contributed by atoms with Gasteiger partial charge < -0.3 is 20.8 Å². The first-order valence-electron chi connectivity index (χ1n) is 8.11. The van der Waals surface area contributed by atoms with Crippen LogP contribution in [0.5, 0.6) is 5.75 Å². The third kappa shape index (κ3) is 2.61. The van der Waals surface area contributed by atoms with E-state index in [0.717, 1.165) is 17.0 Å². The number of carbonyl (C=O) groups excluding carboxylic acids is 2. The van der Waals surface area contributed by atoms with E-state index >= 15 is 0 Å². The minimum absolute atomic E-state index is 0.0634. The van der Waals surface area contributed by atoms with Gasteiger partial charge in [-0.15, -0.1) is 0 Å². The molecule has 0 atom stereocenters. The summed E-state index contributed by atoms with van der Waals surface area (Å²) in [6.07, 6.45) is 0.484. The average molecular weight is 351 g/mol. The Balaban J connectivity index is 1.85. The van der Waals surface area contributed by atoms with Gasteiger partial charge in [-0.2, -0.15) is 0 Å². The molecule has 0 aliphatic carbocycles. The van der Waals surface area contributed by atoms with Gasteiger partial charge in [-0.1, -0.05) is 0 Å². The van der Waals surface area contributed by atoms with E-state index in [1.807, 2.05) is 30.3 Å². The van der Waals surface area contributed by atoms with Gasteiger partial charge >= 0.3 is 0 Å². The number of fused-ring (bicyclic) bond motifs is 1. The number of carbonyl (C=O) groups is 2. The number of nitrogens with one attached hydrogen (secondary N) is 3. The maximum absolute atomic E-state index is 12.4. The monoisotopic (exact) mass is 351 g/mol. The molecule has 4 rings (SSSR count). The number of aromatic amines is 1. The van der Waals surface area contributed by atoms with Gasteiger partial charge in [0.2, 0.25) is 5.96 Å². The zero-order valence-electron chi connectivity index (χ0n) is 14.1. The van der Waals surface area contributed by atoms with Crippen LogP contribution in [0.2, 0.25) is 0 Å². The summed E-state index contributed by atoms with van der Waals surface area (Å²) in [4.78, 5) is 31.8. The molecular weight excluding hydrogens is 334 g/mol. The second kappa shape index (κ2) is 6.07. The lowest BCUT2D eigenvalue weighted by molar-refractivity contribution is -0.115. The molecule has 0 radical (unpaired) electrons. The molecule has 26 heavy (non-hydrogen) atoms. The Morgan fingerprint density at radius 3 is 2.58 bits per heavy atom. The van der Waals surface area contributed by atoms with Crippen molar-refractivity contribution < 1.29 is 14.3 Å². The van der Waals surface area contributed by atoms with Crippen molar-refractivity contribution >= 4 is 23.3 Å². The number of nitrogens with two attached hydrogens (primary N) is 1. The van der Waals surface area contributed by atoms with Crippen LogP contribution in [0.4, 0.5) is 0 Å². The molecule has 0 spiro atoms. The number of aromatic nitrogens is 1. The third-order valence-electron chi connectivity index (χ3n) is 4.41. The highest BCUT2D eigenvalue weighted by molar-refractivity contribution is 6.16. The van der Waals surface area contributed by atoms with Gasteiger partial charge in [0.25, 0.3) is 11.8 Å². The van der Waals surface area contributed by atoms with E-state index in [4.69, 9.17) is 10.5 Å². The van der Waals surface area contributed by atoms with Crippen LogP contribution in [0.25, 0.3) is 16.8 Å². The predicted molar refractivity (Wildman–Crippen MR) is 96.4 cm³/mol. The summed E-state index contributed by atoms with van der Waals surface area (Å²) >= 11 is 0. The van der Waals surface area contributed by atoms with E-state index in [0.29, 0.717) is 29.8 Å². The molecule has 8 heteroatoms. The minimum atomic E-state index is -0.356. The van der Waals surface area contributed by atoms with E-state index in [-0.39, 0.29) is 23.5 Å². The van der Waals surface area contributed by atoms with Gasteiger partial charge in [0, 0.05) is 17.8 Å². The molecule has 0 unspecified atom stereocenters. The van der Waals surface area contributed by atoms with E-state index < -0.39 is 0 Å². The quantitative estimate of drug-likeness (QED) is 0.603. The summed E-state index contributed by atoms with van der Waals surface area (Å²) in [5.74, 6) is 0.235. The number of amides is 2. The van der Waals surface area contributed by atoms with Crippen LogP contribution in [0.1, 0.15) is 22.5 Å². The topological polar surface area (TPSA) is 122 Å². The number of guanidine groups is 1. The molecule has 0 bridgehead atoms. The molecule has 2 aromatic rings. The standard InChI is InChI=1S/C18H17N5O3/c1-26-10-4-2-9(3-5-10)13-8-12-11(14-17(25)23-18(19)22-14)6-7-20-16(24)15(12)21-13/h2-5,8,21H,6-7H2,1H3,(H,20,24)(H3,19,22,23,25)/b14-11-. The molecular formula is C18H17N5O3. The van der Waals surface area contributed by atoms with Crippen molar-refractivity contribution in [1.82, 2.24) is 15.6 Å². The van der Waals surface area contributed by atoms with Crippen LogP contribution in [0.15, 0.2) is 41.0 Å². The fourth-order valence-corrected chi connectivity index (χ4v) is 3.15. The molecule has 8 nitrogen and oxygen atoms in total. The second-order valence-electron chi connectivity index (χ2n) is 5.98. The molecule has 2 aliphatic heterocycles. The number of aliphatic imine (C=N–C) groups is 1. The molecule has 132 valence electrons. The van der Waals surface area contributed by atoms with Crippen molar-refractivity contribution in [2.24, 2.45) is 10.7 Å². The van der Waals surface area contributed by atoms with Gasteiger partial charge in [0.05, 0.1) is 7.11 Å². The van der Waals surface area contributed by atoms with E-state index in [1.54, 1.807) is 7.11 Å². The van der Waals surface area contributed by atoms with Gasteiger partial charge in [-0.05, 0) is 47.9 Å². The lowest BCUT2D eigenvalue weighted by Crippen LogP contribution is -2.30. The molecule has 0 saturated carbocycles. The maximum atomic E-state index is 12.4. The van der Waals surface area contributed by atoms with Gasteiger partial charge in [-0.25, -0.2) is 4.99 Å². The Hall–Kier alpha value is -3.55. The third-order valence-corrected chi connectivity index (χ3v) is 4.41. The molecule has 5 N–H and O–H groups in total. The van der Waals surface area contributed by atoms with Crippen molar-refractivity contribution in [1.29, 1.82) is 0 Å². The van der Waals surface area contributed by atoms with E-state index in [2.05, 4.69) is 20.6 Å². The normalized spacial score (nSPS) is 19.3. The summed E-state index contributed by atoms with van der Waals surface area (Å²) < 4.78 is 5.17. The number of H-pyrrole nitrogens is 1. The Labute approximate surface area is 149 Å². The summed E-state index contributed by atoms with van der Waals surface area (Å²) in [6, 6.07) is 9.34. The minimum Gasteiger partial charge on any atom is -0.497 e. The number of benzene rings is 1. The number of rotatable bonds is 2. The Morgan fingerprint density at radius 1 is 1.15 bits per heavy atom. The van der Waals surface area contributed by atoms with Crippen LogP contribution < -0.4 is 21.1 Å². The average Bonchev–Trinajstić information content (AvgIpc) is 3.18. The highest BCUT2D eigenvalue weighted by Gasteiger charge is 2.29. The summed E-state index contributed by atoms with van der Waals surface area (Å²) in [5, 5.41) is 5.31. The zero-order valence-corrected chi connectivity index (χ0v) is 14.1. The van der Waals surface area contributed by atoms with Gasteiger partial charge in [0.15, 0.2) is 0 Å². The van der Waals surface area contributed by atoms with Crippen LogP contribution in [-0.2, 0) is 4.79 Å². The van der Waals surface area contributed by atoms with Crippen LogP contribution in [0.3, 0.4) is 0 Å². The number of hydrogen-bond acceptors (Lipinski definition) is 5. The first kappa shape index (κ1) is 15.9. The predicted octanol–water partition coefficient (Wildman–Crippen LogP) is 0.979. The highest BCUT2D eigenvalue weighted by Crippen LogP contribution is 2.33. The fourth-order valence-electron chi connectivity index (χ4n) is 3.15. The van der Waals surface area contributed by atoms with Crippen LogP contribution in [0, 0.1) is 0 Å². The number of ether oxygens (including phenoxy) is 1. The lowest BCUT2D eigenvalue weighted by Gasteiger charge is -2.04. The number of nitrogens with zero attached hydrogens (tertiary/aromatic N) is 1. The van der Waals surface area contributed by atoms with Crippen molar-refractivity contribution in [3.8, 4) is 17.0 Å². The molecule has 1 aromatic carbocycles. The van der Waals surface area contributed by atoms with Crippen molar-refractivity contribution in [2.75, 3.05) is 13.7 Å². The smallest absolute Gasteiger partial charge is 0.277 e. The molecule has 2 aliphatic rings. The van der Waals surface area contributed by atoms with Crippen LogP contribution >= 0.6 is 0 Å². The Bertz CT molecular complexity index is 969.